The highest BCUT2D eigenvalue weighted by atomic mass is 16.6. The Kier molecular flexibility index (Phi) is 28.5. The van der Waals surface area contributed by atoms with Gasteiger partial charge >= 0.3 is 23.9 Å². The molecule has 0 bridgehead atoms. The molecule has 292 valence electrons. The Morgan fingerprint density at radius 1 is 0.346 bits per heavy atom. The molecule has 0 saturated heterocycles. The average Bonchev–Trinajstić information content (AvgIpc) is 3.12. The molecular formula is C44H68O8. The van der Waals surface area contributed by atoms with Gasteiger partial charge < -0.3 is 18.9 Å². The Labute approximate surface area is 314 Å². The Morgan fingerprint density at radius 3 is 0.769 bits per heavy atom. The van der Waals surface area contributed by atoms with Gasteiger partial charge in [-0.05, 0) is 49.9 Å². The van der Waals surface area contributed by atoms with Crippen molar-refractivity contribution < 1.29 is 38.1 Å². The van der Waals surface area contributed by atoms with Crippen LogP contribution >= 0.6 is 0 Å². The average molecular weight is 725 g/mol. The summed E-state index contributed by atoms with van der Waals surface area (Å²) in [4.78, 5) is 47.5. The summed E-state index contributed by atoms with van der Waals surface area (Å²) in [5.41, 5.74) is 0. The van der Waals surface area contributed by atoms with Crippen LogP contribution in [0.4, 0.5) is 0 Å². The Hall–Kier alpha value is -3.68. The third-order valence-corrected chi connectivity index (χ3v) is 8.48. The second-order valence-corrected chi connectivity index (χ2v) is 13.5. The fourth-order valence-electron chi connectivity index (χ4n) is 5.42. The summed E-state index contributed by atoms with van der Waals surface area (Å²) in [5, 5.41) is 0. The molecule has 0 aliphatic carbocycles. The van der Waals surface area contributed by atoms with Crippen LogP contribution in [-0.4, -0.2) is 23.9 Å². The standard InChI is InChI=1S/2C22H34O4/c2*1-3-5-7-9-11-16-21(23)25-19-14-13-15-20(18-19)26-22(24)17-12-10-8-6-4-2/h2*13-15,18H,3-12,16-17H2,1-2H3. The monoisotopic (exact) mass is 724 g/mol. The lowest BCUT2D eigenvalue weighted by Crippen LogP contribution is -2.09. The van der Waals surface area contributed by atoms with Crippen molar-refractivity contribution in [3.05, 3.63) is 48.5 Å². The maximum atomic E-state index is 11.9. The number of hydrogen-bond acceptors (Lipinski definition) is 8. The third kappa shape index (κ3) is 26.1. The molecule has 0 spiro atoms. The van der Waals surface area contributed by atoms with Gasteiger partial charge in [0.1, 0.15) is 23.0 Å². The van der Waals surface area contributed by atoms with Crippen LogP contribution in [0.1, 0.15) is 182 Å². The first kappa shape index (κ1) is 46.3. The molecule has 0 fully saturated rings. The molecule has 0 atom stereocenters. The molecule has 2 aromatic carbocycles. The summed E-state index contributed by atoms with van der Waals surface area (Å²) in [5.74, 6) is 0.769. The summed E-state index contributed by atoms with van der Waals surface area (Å²) < 4.78 is 21.4. The van der Waals surface area contributed by atoms with Crippen LogP contribution in [0.2, 0.25) is 0 Å². The number of rotatable bonds is 28. The van der Waals surface area contributed by atoms with Crippen molar-refractivity contribution in [3.8, 4) is 23.0 Å². The van der Waals surface area contributed by atoms with Crippen molar-refractivity contribution in [2.24, 2.45) is 0 Å². The van der Waals surface area contributed by atoms with Gasteiger partial charge in [0.15, 0.2) is 0 Å². The van der Waals surface area contributed by atoms with Gasteiger partial charge in [0, 0.05) is 37.8 Å². The van der Waals surface area contributed by atoms with E-state index in [0.29, 0.717) is 48.7 Å². The van der Waals surface area contributed by atoms with Crippen LogP contribution in [0.15, 0.2) is 48.5 Å². The molecule has 0 aromatic heterocycles. The highest BCUT2D eigenvalue weighted by Crippen LogP contribution is 2.22. The summed E-state index contributed by atoms with van der Waals surface area (Å²) in [7, 11) is 0. The number of carbonyl (C=O) groups excluding carboxylic acids is 4. The largest absolute Gasteiger partial charge is 0.426 e. The van der Waals surface area contributed by atoms with Gasteiger partial charge in [-0.1, -0.05) is 143 Å². The number of hydrogen-bond donors (Lipinski definition) is 0. The van der Waals surface area contributed by atoms with E-state index in [2.05, 4.69) is 27.7 Å². The van der Waals surface area contributed by atoms with Crippen molar-refractivity contribution in [1.29, 1.82) is 0 Å². The quantitative estimate of drug-likeness (QED) is 0.0485. The Bertz CT molecular complexity index is 1060. The lowest BCUT2D eigenvalue weighted by Gasteiger charge is -2.08. The second kappa shape index (κ2) is 32.0. The van der Waals surface area contributed by atoms with Gasteiger partial charge in [-0.3, -0.25) is 19.2 Å². The van der Waals surface area contributed by atoms with E-state index < -0.39 is 0 Å². The molecule has 0 aliphatic heterocycles. The topological polar surface area (TPSA) is 105 Å². The summed E-state index contributed by atoms with van der Waals surface area (Å²) >= 11 is 0. The van der Waals surface area contributed by atoms with E-state index in [0.717, 1.165) is 77.0 Å². The zero-order valence-electron chi connectivity index (χ0n) is 32.9. The van der Waals surface area contributed by atoms with E-state index in [-0.39, 0.29) is 23.9 Å². The molecule has 8 nitrogen and oxygen atoms in total. The molecule has 0 aliphatic rings. The van der Waals surface area contributed by atoms with E-state index in [9.17, 15) is 19.2 Å². The minimum absolute atomic E-state index is 0.235. The van der Waals surface area contributed by atoms with Crippen LogP contribution in [0.5, 0.6) is 23.0 Å². The minimum Gasteiger partial charge on any atom is -0.426 e. The molecule has 0 N–H and O–H groups in total. The number of benzene rings is 2. The van der Waals surface area contributed by atoms with Crippen LogP contribution in [0, 0.1) is 0 Å². The maximum absolute atomic E-state index is 11.9. The first-order valence-electron chi connectivity index (χ1n) is 20.3. The molecular weight excluding hydrogens is 656 g/mol. The molecule has 0 saturated carbocycles. The van der Waals surface area contributed by atoms with Crippen LogP contribution in [0.25, 0.3) is 0 Å². The SMILES string of the molecule is CCCCCCCC(=O)Oc1cccc(OC(=O)CCCCCCC)c1.CCCCCCCC(=O)Oc1cccc(OC(=O)CCCCCCC)c1. The van der Waals surface area contributed by atoms with Gasteiger partial charge in [-0.25, -0.2) is 0 Å². The zero-order valence-corrected chi connectivity index (χ0v) is 32.9. The van der Waals surface area contributed by atoms with E-state index in [1.54, 1.807) is 48.5 Å². The fourth-order valence-corrected chi connectivity index (χ4v) is 5.42. The van der Waals surface area contributed by atoms with Gasteiger partial charge in [-0.2, -0.15) is 0 Å². The first-order valence-corrected chi connectivity index (χ1v) is 20.3. The molecule has 52 heavy (non-hydrogen) atoms. The van der Waals surface area contributed by atoms with Crippen molar-refractivity contribution in [2.45, 2.75) is 182 Å². The predicted molar refractivity (Wildman–Crippen MR) is 209 cm³/mol. The predicted octanol–water partition coefficient (Wildman–Crippen LogP) is 12.4. The number of ether oxygens (including phenoxy) is 4. The first-order chi connectivity index (χ1) is 25.3. The van der Waals surface area contributed by atoms with Crippen LogP contribution in [-0.2, 0) is 19.2 Å². The molecule has 2 rings (SSSR count). The summed E-state index contributed by atoms with van der Waals surface area (Å²) in [6.07, 6.45) is 23.6. The number of unbranched alkanes of at least 4 members (excludes halogenated alkanes) is 16. The summed E-state index contributed by atoms with van der Waals surface area (Å²) in [6, 6.07) is 13.5. The van der Waals surface area contributed by atoms with Crippen molar-refractivity contribution >= 4 is 23.9 Å². The van der Waals surface area contributed by atoms with E-state index in [1.165, 1.54) is 51.4 Å². The molecule has 2 aromatic rings. The lowest BCUT2D eigenvalue weighted by molar-refractivity contribution is -0.135. The van der Waals surface area contributed by atoms with Crippen molar-refractivity contribution in [1.82, 2.24) is 0 Å². The van der Waals surface area contributed by atoms with E-state index in [1.807, 2.05) is 0 Å². The molecule has 0 unspecified atom stereocenters. The van der Waals surface area contributed by atoms with Crippen molar-refractivity contribution in [3.63, 3.8) is 0 Å². The maximum Gasteiger partial charge on any atom is 0.311 e. The molecule has 8 heteroatoms. The van der Waals surface area contributed by atoms with Gasteiger partial charge in [0.25, 0.3) is 0 Å². The second-order valence-electron chi connectivity index (χ2n) is 13.5. The van der Waals surface area contributed by atoms with E-state index >= 15 is 0 Å². The normalized spacial score (nSPS) is 10.5. The highest BCUT2D eigenvalue weighted by molar-refractivity contribution is 5.74. The van der Waals surface area contributed by atoms with Gasteiger partial charge in [0.05, 0.1) is 0 Å². The smallest absolute Gasteiger partial charge is 0.311 e. The highest BCUT2D eigenvalue weighted by Gasteiger charge is 2.10. The van der Waals surface area contributed by atoms with Crippen LogP contribution < -0.4 is 18.9 Å². The molecule has 0 heterocycles. The van der Waals surface area contributed by atoms with Crippen molar-refractivity contribution in [2.75, 3.05) is 0 Å². The number of carbonyl (C=O) groups is 4. The van der Waals surface area contributed by atoms with E-state index in [4.69, 9.17) is 18.9 Å². The zero-order chi connectivity index (χ0) is 38.1. The number of esters is 4. The van der Waals surface area contributed by atoms with Crippen LogP contribution in [0.3, 0.4) is 0 Å². The Morgan fingerprint density at radius 2 is 0.558 bits per heavy atom. The molecule has 0 amide bonds. The van der Waals surface area contributed by atoms with Gasteiger partial charge in [0.2, 0.25) is 0 Å². The lowest BCUT2D eigenvalue weighted by atomic mass is 10.1. The molecule has 0 radical (unpaired) electrons. The Balaban J connectivity index is 0.000000520. The fraction of sp³-hybridized carbons (Fsp3) is 0.636. The van der Waals surface area contributed by atoms with Gasteiger partial charge in [-0.15, -0.1) is 0 Å². The summed E-state index contributed by atoms with van der Waals surface area (Å²) in [6.45, 7) is 8.67. The third-order valence-electron chi connectivity index (χ3n) is 8.48. The minimum atomic E-state index is -0.235.